The molecule has 5 rings (SSSR count). The minimum absolute atomic E-state index is 0.157. The number of aryl methyl sites for hydroxylation is 1. The maximum atomic E-state index is 12.6. The summed E-state index contributed by atoms with van der Waals surface area (Å²) in [6, 6.07) is 19.5. The number of hydrogen-bond donors (Lipinski definition) is 2. The van der Waals surface area contributed by atoms with Crippen molar-refractivity contribution in [3.05, 3.63) is 60.7 Å². The van der Waals surface area contributed by atoms with E-state index >= 15 is 0 Å². The van der Waals surface area contributed by atoms with Gasteiger partial charge in [0.15, 0.2) is 17.3 Å². The maximum Gasteiger partial charge on any atom is 0.270 e. The second-order valence-electron chi connectivity index (χ2n) is 6.85. The molecule has 1 aliphatic rings. The van der Waals surface area contributed by atoms with E-state index in [1.165, 1.54) is 0 Å². The molecule has 29 heavy (non-hydrogen) atoms. The number of aromatic nitrogens is 3. The standard InChI is InChI=1S/C22H20N4O3/c1-2-26-16-8-4-3-7-14(16)11-17(26)15-12-21(25-24-15)23-22(27)20-13-28-18-9-5-6-10-19(18)29-20/h3-12,20H,2,13H2,1H3,(H2,23,24,25,27)/t20-/m0/s1. The topological polar surface area (TPSA) is 81.2 Å². The minimum atomic E-state index is -0.729. The van der Waals surface area contributed by atoms with Crippen LogP contribution in [0.4, 0.5) is 5.82 Å². The van der Waals surface area contributed by atoms with Gasteiger partial charge in [0, 0.05) is 23.5 Å². The molecule has 7 nitrogen and oxygen atoms in total. The van der Waals surface area contributed by atoms with Crippen molar-refractivity contribution < 1.29 is 14.3 Å². The summed E-state index contributed by atoms with van der Waals surface area (Å²) in [5.41, 5.74) is 3.02. The summed E-state index contributed by atoms with van der Waals surface area (Å²) in [6.45, 7) is 3.09. The fourth-order valence-electron chi connectivity index (χ4n) is 3.65. The van der Waals surface area contributed by atoms with Crippen molar-refractivity contribution in [1.29, 1.82) is 0 Å². The van der Waals surface area contributed by atoms with E-state index in [1.54, 1.807) is 6.07 Å². The molecule has 0 spiro atoms. The molecule has 2 N–H and O–H groups in total. The van der Waals surface area contributed by atoms with E-state index in [9.17, 15) is 4.79 Å². The first-order chi connectivity index (χ1) is 14.2. The Labute approximate surface area is 167 Å². The number of ether oxygens (including phenoxy) is 2. The second kappa shape index (κ2) is 7.01. The number of H-pyrrole nitrogens is 1. The van der Waals surface area contributed by atoms with E-state index in [2.05, 4.69) is 45.2 Å². The Kier molecular flexibility index (Phi) is 4.20. The third-order valence-electron chi connectivity index (χ3n) is 5.03. The van der Waals surface area contributed by atoms with Gasteiger partial charge in [-0.05, 0) is 31.2 Å². The Morgan fingerprint density at radius 3 is 2.83 bits per heavy atom. The molecule has 1 aliphatic heterocycles. The summed E-state index contributed by atoms with van der Waals surface area (Å²) >= 11 is 0. The number of rotatable bonds is 4. The number of aromatic amines is 1. The summed E-state index contributed by atoms with van der Waals surface area (Å²) in [5, 5.41) is 11.2. The van der Waals surface area contributed by atoms with Gasteiger partial charge < -0.3 is 19.4 Å². The van der Waals surface area contributed by atoms with Crippen LogP contribution in [0.2, 0.25) is 0 Å². The van der Waals surface area contributed by atoms with E-state index in [-0.39, 0.29) is 12.5 Å². The lowest BCUT2D eigenvalue weighted by Gasteiger charge is -2.25. The highest BCUT2D eigenvalue weighted by Crippen LogP contribution is 2.31. The second-order valence-corrected chi connectivity index (χ2v) is 6.85. The van der Waals surface area contributed by atoms with E-state index in [0.717, 1.165) is 28.8 Å². The van der Waals surface area contributed by atoms with Gasteiger partial charge in [0.05, 0.1) is 11.4 Å². The molecule has 7 heteroatoms. The van der Waals surface area contributed by atoms with Gasteiger partial charge >= 0.3 is 0 Å². The van der Waals surface area contributed by atoms with Crippen molar-refractivity contribution in [3.8, 4) is 22.9 Å². The summed E-state index contributed by atoms with van der Waals surface area (Å²) in [4.78, 5) is 12.6. The number of nitrogens with zero attached hydrogens (tertiary/aromatic N) is 2. The van der Waals surface area contributed by atoms with Crippen LogP contribution in [0.3, 0.4) is 0 Å². The molecule has 3 heterocycles. The van der Waals surface area contributed by atoms with Crippen LogP contribution >= 0.6 is 0 Å². The van der Waals surface area contributed by atoms with Gasteiger partial charge in [-0.3, -0.25) is 9.89 Å². The first kappa shape index (κ1) is 17.4. The molecule has 0 saturated carbocycles. The first-order valence-corrected chi connectivity index (χ1v) is 9.56. The fraction of sp³-hybridized carbons (Fsp3) is 0.182. The quantitative estimate of drug-likeness (QED) is 0.557. The zero-order valence-corrected chi connectivity index (χ0v) is 15.9. The Hall–Kier alpha value is -3.74. The molecule has 0 unspecified atom stereocenters. The van der Waals surface area contributed by atoms with Crippen LogP contribution in [-0.2, 0) is 11.3 Å². The maximum absolute atomic E-state index is 12.6. The Bertz CT molecular complexity index is 1190. The van der Waals surface area contributed by atoms with Gasteiger partial charge in [-0.25, -0.2) is 0 Å². The van der Waals surface area contributed by atoms with E-state index in [4.69, 9.17) is 9.47 Å². The molecule has 146 valence electrons. The molecule has 2 aromatic carbocycles. The fourth-order valence-corrected chi connectivity index (χ4v) is 3.65. The number of carbonyl (C=O) groups is 1. The average Bonchev–Trinajstić information content (AvgIpc) is 3.37. The smallest absolute Gasteiger partial charge is 0.270 e. The van der Waals surface area contributed by atoms with Crippen LogP contribution in [0.15, 0.2) is 60.7 Å². The Balaban J connectivity index is 1.35. The summed E-state index contributed by atoms with van der Waals surface area (Å²) in [5.74, 6) is 1.36. The lowest BCUT2D eigenvalue weighted by atomic mass is 10.2. The number of para-hydroxylation sites is 3. The zero-order valence-electron chi connectivity index (χ0n) is 15.9. The van der Waals surface area contributed by atoms with E-state index in [0.29, 0.717) is 17.3 Å². The number of benzene rings is 2. The van der Waals surface area contributed by atoms with Crippen LogP contribution in [-0.4, -0.2) is 33.4 Å². The molecule has 1 atom stereocenters. The summed E-state index contributed by atoms with van der Waals surface area (Å²) in [7, 11) is 0. The summed E-state index contributed by atoms with van der Waals surface area (Å²) < 4.78 is 13.6. The third-order valence-corrected chi connectivity index (χ3v) is 5.03. The van der Waals surface area contributed by atoms with Gasteiger partial charge in [-0.1, -0.05) is 30.3 Å². The largest absolute Gasteiger partial charge is 0.485 e. The van der Waals surface area contributed by atoms with Crippen molar-refractivity contribution in [2.75, 3.05) is 11.9 Å². The zero-order chi connectivity index (χ0) is 19.8. The van der Waals surface area contributed by atoms with E-state index in [1.807, 2.05) is 36.4 Å². The molecular weight excluding hydrogens is 368 g/mol. The number of hydrogen-bond acceptors (Lipinski definition) is 4. The molecule has 0 bridgehead atoms. The van der Waals surface area contributed by atoms with Crippen molar-refractivity contribution in [1.82, 2.24) is 14.8 Å². The van der Waals surface area contributed by atoms with Gasteiger partial charge in [-0.15, -0.1) is 0 Å². The van der Waals surface area contributed by atoms with Gasteiger partial charge in [0.1, 0.15) is 6.61 Å². The van der Waals surface area contributed by atoms with Crippen LogP contribution in [0.25, 0.3) is 22.3 Å². The summed E-state index contributed by atoms with van der Waals surface area (Å²) in [6.07, 6.45) is -0.729. The van der Waals surface area contributed by atoms with Gasteiger partial charge in [-0.2, -0.15) is 5.10 Å². The van der Waals surface area contributed by atoms with Crippen LogP contribution < -0.4 is 14.8 Å². The monoisotopic (exact) mass is 388 g/mol. The van der Waals surface area contributed by atoms with Crippen molar-refractivity contribution in [2.24, 2.45) is 0 Å². The average molecular weight is 388 g/mol. The van der Waals surface area contributed by atoms with Crippen molar-refractivity contribution >= 4 is 22.6 Å². The number of fused-ring (bicyclic) bond motifs is 2. The number of amides is 1. The molecule has 0 radical (unpaired) electrons. The Morgan fingerprint density at radius 1 is 1.17 bits per heavy atom. The van der Waals surface area contributed by atoms with Crippen molar-refractivity contribution in [3.63, 3.8) is 0 Å². The predicted molar refractivity (Wildman–Crippen MR) is 110 cm³/mol. The van der Waals surface area contributed by atoms with Crippen LogP contribution in [0.5, 0.6) is 11.5 Å². The lowest BCUT2D eigenvalue weighted by Crippen LogP contribution is -2.40. The Morgan fingerprint density at radius 2 is 1.97 bits per heavy atom. The normalized spacial score (nSPS) is 15.4. The number of carbonyl (C=O) groups excluding carboxylic acids is 1. The lowest BCUT2D eigenvalue weighted by molar-refractivity contribution is -0.125. The molecule has 2 aromatic heterocycles. The number of anilines is 1. The van der Waals surface area contributed by atoms with Gasteiger partial charge in [0.2, 0.25) is 6.10 Å². The van der Waals surface area contributed by atoms with E-state index < -0.39 is 6.10 Å². The van der Waals surface area contributed by atoms with Crippen LogP contribution in [0, 0.1) is 0 Å². The predicted octanol–water partition coefficient (Wildman–Crippen LogP) is 3.83. The third kappa shape index (κ3) is 3.10. The highest BCUT2D eigenvalue weighted by Gasteiger charge is 2.28. The van der Waals surface area contributed by atoms with Crippen molar-refractivity contribution in [2.45, 2.75) is 19.6 Å². The highest BCUT2D eigenvalue weighted by molar-refractivity contribution is 5.94. The first-order valence-electron chi connectivity index (χ1n) is 9.56. The molecule has 0 saturated heterocycles. The molecule has 1 amide bonds. The van der Waals surface area contributed by atoms with Gasteiger partial charge in [0.25, 0.3) is 5.91 Å². The molecular formula is C22H20N4O3. The molecule has 4 aromatic rings. The van der Waals surface area contributed by atoms with Crippen LogP contribution in [0.1, 0.15) is 6.92 Å². The number of nitrogens with one attached hydrogen (secondary N) is 2. The molecule has 0 fully saturated rings. The highest BCUT2D eigenvalue weighted by atomic mass is 16.6. The SMILES string of the molecule is CCn1c(-c2cc(NC(=O)[C@@H]3COc4ccccc4O3)n[nH]2)cc2ccccc21. The minimum Gasteiger partial charge on any atom is -0.485 e. The molecule has 0 aliphatic carbocycles.